The van der Waals surface area contributed by atoms with Crippen LogP contribution in [-0.2, 0) is 0 Å². The largest absolute Gasteiger partial charge is 0.493 e. The molecule has 1 aliphatic heterocycles. The summed E-state index contributed by atoms with van der Waals surface area (Å²) in [6, 6.07) is 4.02. The van der Waals surface area contributed by atoms with E-state index in [1.165, 1.54) is 19.3 Å². The van der Waals surface area contributed by atoms with Gasteiger partial charge in [-0.15, -0.1) is 12.4 Å². The molecule has 0 amide bonds. The third-order valence-electron chi connectivity index (χ3n) is 3.72. The molecule has 0 spiro atoms. The van der Waals surface area contributed by atoms with E-state index in [1.54, 1.807) is 7.11 Å². The Balaban J connectivity index is 0.00000120. The molecule has 1 aliphatic carbocycles. The first-order chi connectivity index (χ1) is 8.29. The van der Waals surface area contributed by atoms with Crippen LogP contribution in [0.2, 0.25) is 0 Å². The molecule has 1 fully saturated rings. The molecule has 0 aromatic heterocycles. The molecule has 100 valence electrons. The maximum atomic E-state index is 6.27. The Hall–Kier alpha value is -1.13. The van der Waals surface area contributed by atoms with Gasteiger partial charge in [-0.05, 0) is 36.5 Å². The molecule has 2 N–H and O–H groups in total. The van der Waals surface area contributed by atoms with Gasteiger partial charge < -0.3 is 19.9 Å². The Kier molecular flexibility index (Phi) is 3.88. The van der Waals surface area contributed by atoms with E-state index in [2.05, 4.69) is 0 Å². The topological polar surface area (TPSA) is 53.7 Å². The molecule has 18 heavy (non-hydrogen) atoms. The average Bonchev–Trinajstić information content (AvgIpc) is 2.73. The lowest BCUT2D eigenvalue weighted by Gasteiger charge is -2.31. The van der Waals surface area contributed by atoms with Crippen molar-refractivity contribution in [2.24, 2.45) is 11.7 Å². The van der Waals surface area contributed by atoms with Crippen LogP contribution in [0.1, 0.15) is 30.9 Å². The van der Waals surface area contributed by atoms with Crippen LogP contribution in [-0.4, -0.2) is 13.9 Å². The average molecular weight is 272 g/mol. The fourth-order valence-electron chi connectivity index (χ4n) is 2.41. The lowest BCUT2D eigenvalue weighted by Crippen LogP contribution is -2.26. The summed E-state index contributed by atoms with van der Waals surface area (Å²) in [6.07, 6.45) is 3.73. The Bertz CT molecular complexity index is 434. The number of methoxy groups -OCH3 is 1. The summed E-state index contributed by atoms with van der Waals surface area (Å²) >= 11 is 0. The third-order valence-corrected chi connectivity index (χ3v) is 3.72. The standard InChI is InChI=1S/C13H17NO3.ClH/c1-15-10-5-9(12(14)8-3-2-4-8)6-11-13(10)17-7-16-11;/h5-6,8,12H,2-4,7,14H2,1H3;1H/t12-;/m0./s1. The van der Waals surface area contributed by atoms with Crippen molar-refractivity contribution in [2.45, 2.75) is 25.3 Å². The Morgan fingerprint density at radius 2 is 2.11 bits per heavy atom. The third kappa shape index (κ3) is 2.10. The number of nitrogens with two attached hydrogens (primary N) is 1. The highest BCUT2D eigenvalue weighted by atomic mass is 35.5. The minimum atomic E-state index is 0. The molecule has 0 unspecified atom stereocenters. The van der Waals surface area contributed by atoms with Gasteiger partial charge in [0.1, 0.15) is 0 Å². The van der Waals surface area contributed by atoms with E-state index < -0.39 is 0 Å². The molecule has 1 atom stereocenters. The monoisotopic (exact) mass is 271 g/mol. The highest BCUT2D eigenvalue weighted by Crippen LogP contribution is 2.45. The predicted octanol–water partition coefficient (Wildman–Crippen LogP) is 2.65. The molecule has 0 saturated heterocycles. The number of hydrogen-bond acceptors (Lipinski definition) is 4. The van der Waals surface area contributed by atoms with E-state index in [-0.39, 0.29) is 25.2 Å². The fraction of sp³-hybridized carbons (Fsp3) is 0.538. The zero-order chi connectivity index (χ0) is 11.8. The second-order valence-electron chi connectivity index (χ2n) is 4.67. The number of ether oxygens (including phenoxy) is 3. The number of fused-ring (bicyclic) bond motifs is 1. The van der Waals surface area contributed by atoms with Gasteiger partial charge in [-0.25, -0.2) is 0 Å². The van der Waals surface area contributed by atoms with Crippen molar-refractivity contribution in [3.63, 3.8) is 0 Å². The van der Waals surface area contributed by atoms with Gasteiger partial charge in [0.15, 0.2) is 11.5 Å². The first-order valence-corrected chi connectivity index (χ1v) is 6.02. The summed E-state index contributed by atoms with van der Waals surface area (Å²) in [5.74, 6) is 2.75. The number of benzene rings is 1. The molecule has 1 saturated carbocycles. The number of rotatable bonds is 3. The van der Waals surface area contributed by atoms with Gasteiger partial charge in [-0.1, -0.05) is 6.42 Å². The van der Waals surface area contributed by atoms with E-state index in [1.807, 2.05) is 12.1 Å². The van der Waals surface area contributed by atoms with Crippen LogP contribution >= 0.6 is 12.4 Å². The van der Waals surface area contributed by atoms with E-state index in [0.717, 1.165) is 11.3 Å². The van der Waals surface area contributed by atoms with Gasteiger partial charge >= 0.3 is 0 Å². The summed E-state index contributed by atoms with van der Waals surface area (Å²) in [5.41, 5.74) is 7.35. The van der Waals surface area contributed by atoms with E-state index in [0.29, 0.717) is 17.4 Å². The predicted molar refractivity (Wildman–Crippen MR) is 70.6 cm³/mol. The van der Waals surface area contributed by atoms with Crippen molar-refractivity contribution in [3.05, 3.63) is 17.7 Å². The smallest absolute Gasteiger partial charge is 0.231 e. The van der Waals surface area contributed by atoms with E-state index in [4.69, 9.17) is 19.9 Å². The number of hydrogen-bond donors (Lipinski definition) is 1. The van der Waals surface area contributed by atoms with Crippen LogP contribution in [0.3, 0.4) is 0 Å². The quantitative estimate of drug-likeness (QED) is 0.918. The molecule has 1 aromatic carbocycles. The zero-order valence-electron chi connectivity index (χ0n) is 10.3. The first kappa shape index (κ1) is 13.3. The van der Waals surface area contributed by atoms with Crippen molar-refractivity contribution in [2.75, 3.05) is 13.9 Å². The van der Waals surface area contributed by atoms with Gasteiger partial charge in [-0.2, -0.15) is 0 Å². The first-order valence-electron chi connectivity index (χ1n) is 6.02. The molecule has 0 bridgehead atoms. The van der Waals surface area contributed by atoms with Gasteiger partial charge in [-0.3, -0.25) is 0 Å². The summed E-state index contributed by atoms with van der Waals surface area (Å²) in [4.78, 5) is 0. The second-order valence-corrected chi connectivity index (χ2v) is 4.67. The summed E-state index contributed by atoms with van der Waals surface area (Å²) in [5, 5.41) is 0. The number of halogens is 1. The highest BCUT2D eigenvalue weighted by Gasteiger charge is 2.28. The summed E-state index contributed by atoms with van der Waals surface area (Å²) < 4.78 is 16.1. The van der Waals surface area contributed by atoms with Gasteiger partial charge in [0.2, 0.25) is 12.5 Å². The molecule has 1 heterocycles. The van der Waals surface area contributed by atoms with Crippen molar-refractivity contribution in [1.82, 2.24) is 0 Å². The molecule has 5 heteroatoms. The zero-order valence-corrected chi connectivity index (χ0v) is 11.2. The highest BCUT2D eigenvalue weighted by molar-refractivity contribution is 5.85. The molecular formula is C13H18ClNO3. The molecule has 3 rings (SSSR count). The lowest BCUT2D eigenvalue weighted by atomic mass is 9.77. The van der Waals surface area contributed by atoms with Crippen molar-refractivity contribution < 1.29 is 14.2 Å². The minimum Gasteiger partial charge on any atom is -0.493 e. The van der Waals surface area contributed by atoms with E-state index >= 15 is 0 Å². The Morgan fingerprint density at radius 1 is 1.33 bits per heavy atom. The van der Waals surface area contributed by atoms with Crippen molar-refractivity contribution >= 4 is 12.4 Å². The van der Waals surface area contributed by atoms with Crippen LogP contribution in [0.4, 0.5) is 0 Å². The normalized spacial score (nSPS) is 18.8. The Morgan fingerprint density at radius 3 is 2.72 bits per heavy atom. The SMILES string of the molecule is COc1cc([C@@H](N)C2CCC2)cc2c1OCO2.Cl. The van der Waals surface area contributed by atoms with Crippen LogP contribution in [0, 0.1) is 5.92 Å². The van der Waals surface area contributed by atoms with Gasteiger partial charge in [0.05, 0.1) is 7.11 Å². The molecular weight excluding hydrogens is 254 g/mol. The second kappa shape index (κ2) is 5.24. The van der Waals surface area contributed by atoms with Crippen LogP contribution in [0.5, 0.6) is 17.2 Å². The fourth-order valence-corrected chi connectivity index (χ4v) is 2.41. The van der Waals surface area contributed by atoms with Crippen molar-refractivity contribution in [3.8, 4) is 17.2 Å². The molecule has 1 aromatic rings. The maximum Gasteiger partial charge on any atom is 0.231 e. The maximum absolute atomic E-state index is 6.27. The van der Waals surface area contributed by atoms with Gasteiger partial charge in [0, 0.05) is 6.04 Å². The van der Waals surface area contributed by atoms with Crippen molar-refractivity contribution in [1.29, 1.82) is 0 Å². The van der Waals surface area contributed by atoms with Crippen LogP contribution in [0.15, 0.2) is 12.1 Å². The molecule has 2 aliphatic rings. The molecule has 0 radical (unpaired) electrons. The minimum absolute atomic E-state index is 0. The summed E-state index contributed by atoms with van der Waals surface area (Å²) in [6.45, 7) is 0.258. The Labute approximate surface area is 113 Å². The lowest BCUT2D eigenvalue weighted by molar-refractivity contribution is 0.171. The summed E-state index contributed by atoms with van der Waals surface area (Å²) in [7, 11) is 1.63. The van der Waals surface area contributed by atoms with E-state index in [9.17, 15) is 0 Å². The van der Waals surface area contributed by atoms with Crippen LogP contribution in [0.25, 0.3) is 0 Å². The molecule has 4 nitrogen and oxygen atoms in total. The van der Waals surface area contributed by atoms with Gasteiger partial charge in [0.25, 0.3) is 0 Å². The van der Waals surface area contributed by atoms with Crippen LogP contribution < -0.4 is 19.9 Å².